The minimum Gasteiger partial charge on any atom is -0.493 e. The van der Waals surface area contributed by atoms with E-state index in [2.05, 4.69) is 20.1 Å². The molecule has 182 valence electrons. The van der Waals surface area contributed by atoms with Crippen molar-refractivity contribution < 1.29 is 28.2 Å². The van der Waals surface area contributed by atoms with Crippen LogP contribution in [0.3, 0.4) is 0 Å². The molecule has 0 spiro atoms. The predicted octanol–water partition coefficient (Wildman–Crippen LogP) is 1.40. The van der Waals surface area contributed by atoms with E-state index in [1.165, 1.54) is 6.26 Å². The highest BCUT2D eigenvalue weighted by atomic mass is 16.5. The van der Waals surface area contributed by atoms with Crippen molar-refractivity contribution >= 4 is 5.91 Å². The van der Waals surface area contributed by atoms with Crippen molar-refractivity contribution in [3.05, 3.63) is 41.6 Å². The lowest BCUT2D eigenvalue weighted by Gasteiger charge is -2.30. The van der Waals surface area contributed by atoms with Gasteiger partial charge in [-0.1, -0.05) is 12.1 Å². The number of ether oxygens (including phenoxy) is 4. The molecule has 1 N–H and O–H groups in total. The summed E-state index contributed by atoms with van der Waals surface area (Å²) in [7, 11) is 4.86. The maximum Gasteiger partial charge on any atom is 0.273 e. The Labute approximate surface area is 194 Å². The van der Waals surface area contributed by atoms with Crippen molar-refractivity contribution in [2.75, 3.05) is 73.9 Å². The summed E-state index contributed by atoms with van der Waals surface area (Å²) in [5, 5.41) is 2.75. The highest BCUT2D eigenvalue weighted by Crippen LogP contribution is 2.31. The molecule has 0 saturated carbocycles. The lowest BCUT2D eigenvalue weighted by Crippen LogP contribution is -2.41. The number of nitrogens with zero attached hydrogens (tertiary/aromatic N) is 3. The molecule has 33 heavy (non-hydrogen) atoms. The number of hydrogen-bond donors (Lipinski definition) is 1. The van der Waals surface area contributed by atoms with Crippen molar-refractivity contribution in [3.8, 4) is 11.5 Å². The summed E-state index contributed by atoms with van der Waals surface area (Å²) >= 11 is 0. The Kier molecular flexibility index (Phi) is 9.95. The second-order valence-corrected chi connectivity index (χ2v) is 7.69. The number of carbonyl (C=O) groups is 1. The minimum atomic E-state index is -0.281. The first-order valence-electron chi connectivity index (χ1n) is 11.1. The second kappa shape index (κ2) is 13.1. The first kappa shape index (κ1) is 25.0. The van der Waals surface area contributed by atoms with Crippen LogP contribution >= 0.6 is 0 Å². The third-order valence-corrected chi connectivity index (χ3v) is 5.45. The number of amides is 1. The smallest absolute Gasteiger partial charge is 0.273 e. The summed E-state index contributed by atoms with van der Waals surface area (Å²) in [4.78, 5) is 21.2. The normalized spacial score (nSPS) is 14.4. The lowest BCUT2D eigenvalue weighted by molar-refractivity contribution is 0.0320. The SMILES string of the molecule is COCCNC(=O)c1coc(CN(CCN2CCOCC2)Cc2cccc(OC)c2OC)n1. The van der Waals surface area contributed by atoms with Crippen LogP contribution in [0.2, 0.25) is 0 Å². The van der Waals surface area contributed by atoms with Crippen LogP contribution in [-0.4, -0.2) is 94.6 Å². The van der Waals surface area contributed by atoms with E-state index in [0.29, 0.717) is 43.6 Å². The number of carbonyl (C=O) groups excluding carboxylic acids is 1. The Morgan fingerprint density at radius 1 is 1.18 bits per heavy atom. The van der Waals surface area contributed by atoms with E-state index in [1.54, 1.807) is 21.3 Å². The molecule has 10 nitrogen and oxygen atoms in total. The molecule has 0 radical (unpaired) electrons. The Bertz CT molecular complexity index is 868. The van der Waals surface area contributed by atoms with Gasteiger partial charge in [0.05, 0.1) is 40.6 Å². The van der Waals surface area contributed by atoms with E-state index in [9.17, 15) is 4.79 Å². The fourth-order valence-electron chi connectivity index (χ4n) is 3.68. The van der Waals surface area contributed by atoms with Gasteiger partial charge >= 0.3 is 0 Å². The zero-order valence-corrected chi connectivity index (χ0v) is 19.7. The number of morpholine rings is 1. The first-order valence-corrected chi connectivity index (χ1v) is 11.1. The molecule has 2 heterocycles. The van der Waals surface area contributed by atoms with Crippen LogP contribution in [-0.2, 0) is 22.6 Å². The molecule has 3 rings (SSSR count). The van der Waals surface area contributed by atoms with E-state index in [4.69, 9.17) is 23.4 Å². The van der Waals surface area contributed by atoms with Crippen molar-refractivity contribution in [1.82, 2.24) is 20.1 Å². The van der Waals surface area contributed by atoms with Crippen LogP contribution in [0.5, 0.6) is 11.5 Å². The van der Waals surface area contributed by atoms with Crippen LogP contribution in [0.1, 0.15) is 21.9 Å². The van der Waals surface area contributed by atoms with E-state index in [-0.39, 0.29) is 11.6 Å². The van der Waals surface area contributed by atoms with Crippen molar-refractivity contribution in [1.29, 1.82) is 0 Å². The molecule has 2 aromatic rings. The molecule has 1 aromatic heterocycles. The van der Waals surface area contributed by atoms with Gasteiger partial charge in [-0.2, -0.15) is 0 Å². The van der Waals surface area contributed by atoms with Crippen molar-refractivity contribution in [2.24, 2.45) is 0 Å². The number of hydrogen-bond acceptors (Lipinski definition) is 9. The van der Waals surface area contributed by atoms with Crippen LogP contribution in [0.4, 0.5) is 0 Å². The Morgan fingerprint density at radius 3 is 2.73 bits per heavy atom. The monoisotopic (exact) mass is 462 g/mol. The third kappa shape index (κ3) is 7.43. The van der Waals surface area contributed by atoms with Crippen molar-refractivity contribution in [3.63, 3.8) is 0 Å². The molecule has 1 aliphatic rings. The molecule has 1 saturated heterocycles. The van der Waals surface area contributed by atoms with Gasteiger partial charge in [-0.3, -0.25) is 14.6 Å². The van der Waals surface area contributed by atoms with Gasteiger partial charge in [0.15, 0.2) is 17.2 Å². The summed E-state index contributed by atoms with van der Waals surface area (Å²) in [5.41, 5.74) is 1.26. The topological polar surface area (TPSA) is 98.5 Å². The van der Waals surface area contributed by atoms with Gasteiger partial charge in [0.1, 0.15) is 6.26 Å². The quantitative estimate of drug-likeness (QED) is 0.443. The molecule has 1 amide bonds. The average Bonchev–Trinajstić information content (AvgIpc) is 3.31. The summed E-state index contributed by atoms with van der Waals surface area (Å²) in [5.74, 6) is 1.60. The third-order valence-electron chi connectivity index (χ3n) is 5.45. The largest absolute Gasteiger partial charge is 0.493 e. The zero-order valence-electron chi connectivity index (χ0n) is 19.7. The van der Waals surface area contributed by atoms with Gasteiger partial charge < -0.3 is 28.7 Å². The Balaban J connectivity index is 1.70. The molecular formula is C23H34N4O6. The van der Waals surface area contributed by atoms with Gasteiger partial charge in [-0.25, -0.2) is 4.98 Å². The predicted molar refractivity (Wildman–Crippen MR) is 122 cm³/mol. The average molecular weight is 463 g/mol. The van der Waals surface area contributed by atoms with E-state index < -0.39 is 0 Å². The number of methoxy groups -OCH3 is 3. The molecule has 0 aliphatic carbocycles. The maximum atomic E-state index is 12.2. The molecular weight excluding hydrogens is 428 g/mol. The van der Waals surface area contributed by atoms with Gasteiger partial charge in [0.2, 0.25) is 5.89 Å². The van der Waals surface area contributed by atoms with Crippen LogP contribution < -0.4 is 14.8 Å². The van der Waals surface area contributed by atoms with E-state index >= 15 is 0 Å². The molecule has 0 atom stereocenters. The molecule has 0 bridgehead atoms. The molecule has 1 aliphatic heterocycles. The molecule has 0 unspecified atom stereocenters. The number of oxazole rings is 1. The first-order chi connectivity index (χ1) is 16.1. The van der Waals surface area contributed by atoms with Crippen LogP contribution in [0, 0.1) is 0 Å². The fraction of sp³-hybridized carbons (Fsp3) is 0.565. The lowest BCUT2D eigenvalue weighted by atomic mass is 10.1. The highest BCUT2D eigenvalue weighted by molar-refractivity contribution is 5.91. The number of para-hydroxylation sites is 1. The van der Waals surface area contributed by atoms with Gasteiger partial charge in [0.25, 0.3) is 5.91 Å². The minimum absolute atomic E-state index is 0.258. The second-order valence-electron chi connectivity index (χ2n) is 7.69. The van der Waals surface area contributed by atoms with Crippen LogP contribution in [0.15, 0.2) is 28.9 Å². The molecule has 1 fully saturated rings. The Morgan fingerprint density at radius 2 is 2.00 bits per heavy atom. The molecule has 1 aromatic carbocycles. The summed E-state index contributed by atoms with van der Waals surface area (Å²) in [6.07, 6.45) is 1.39. The maximum absolute atomic E-state index is 12.2. The number of benzene rings is 1. The zero-order chi connectivity index (χ0) is 23.5. The Hall–Kier alpha value is -2.66. The van der Waals surface area contributed by atoms with Crippen molar-refractivity contribution in [2.45, 2.75) is 13.1 Å². The summed E-state index contributed by atoms with van der Waals surface area (Å²) < 4.78 is 27.1. The van der Waals surface area contributed by atoms with E-state index in [1.807, 2.05) is 18.2 Å². The number of rotatable bonds is 13. The summed E-state index contributed by atoms with van der Waals surface area (Å²) in [6, 6.07) is 5.85. The fourth-order valence-corrected chi connectivity index (χ4v) is 3.68. The summed E-state index contributed by atoms with van der Waals surface area (Å²) in [6.45, 7) is 6.95. The highest BCUT2D eigenvalue weighted by Gasteiger charge is 2.19. The van der Waals surface area contributed by atoms with Crippen LogP contribution in [0.25, 0.3) is 0 Å². The van der Waals surface area contributed by atoms with Gasteiger partial charge in [-0.05, 0) is 6.07 Å². The number of aromatic nitrogens is 1. The standard InChI is InChI=1S/C23H34N4O6/c1-29-12-7-24-23(28)19-17-33-21(25-19)16-27(9-8-26-10-13-32-14-11-26)15-18-5-4-6-20(30-2)22(18)31-3/h4-6,17H,7-16H2,1-3H3,(H,24,28). The van der Waals surface area contributed by atoms with E-state index in [0.717, 1.165) is 45.0 Å². The number of nitrogens with one attached hydrogen (secondary N) is 1. The van der Waals surface area contributed by atoms with Gasteiger partial charge in [-0.15, -0.1) is 0 Å². The molecule has 10 heteroatoms. The van der Waals surface area contributed by atoms with Gasteiger partial charge in [0, 0.05) is 51.9 Å².